The van der Waals surface area contributed by atoms with E-state index in [1.807, 2.05) is 22.7 Å². The maximum atomic E-state index is 13.5. The Morgan fingerprint density at radius 2 is 1.84 bits per heavy atom. The van der Waals surface area contributed by atoms with Crippen molar-refractivity contribution in [1.82, 2.24) is 19.5 Å². The summed E-state index contributed by atoms with van der Waals surface area (Å²) in [6, 6.07) is 17.4. The molecular formula is C27H28N4O. The van der Waals surface area contributed by atoms with Crippen LogP contribution in [-0.4, -0.2) is 31.4 Å². The highest BCUT2D eigenvalue weighted by molar-refractivity contribution is 5.92. The second-order valence-electron chi connectivity index (χ2n) is 9.30. The number of hydrogen-bond donors (Lipinski definition) is 0. The summed E-state index contributed by atoms with van der Waals surface area (Å²) in [6.07, 6.45) is 5.61. The molecule has 1 fully saturated rings. The van der Waals surface area contributed by atoms with E-state index in [4.69, 9.17) is 10.1 Å². The maximum absolute atomic E-state index is 13.5. The van der Waals surface area contributed by atoms with Gasteiger partial charge >= 0.3 is 0 Å². The Morgan fingerprint density at radius 3 is 2.69 bits per heavy atom. The third kappa shape index (κ3) is 3.10. The lowest BCUT2D eigenvalue weighted by Gasteiger charge is -2.30. The molecule has 1 unspecified atom stereocenters. The van der Waals surface area contributed by atoms with Crippen molar-refractivity contribution in [2.45, 2.75) is 64.5 Å². The van der Waals surface area contributed by atoms with Crippen molar-refractivity contribution in [2.75, 3.05) is 0 Å². The van der Waals surface area contributed by atoms with Crippen LogP contribution < -0.4 is 0 Å². The molecule has 0 aliphatic heterocycles. The molecular weight excluding hydrogens is 396 g/mol. The van der Waals surface area contributed by atoms with E-state index in [2.05, 4.69) is 49.1 Å². The first-order valence-corrected chi connectivity index (χ1v) is 11.7. The average Bonchev–Trinajstić information content (AvgIpc) is 3.44. The molecule has 5 heteroatoms. The zero-order chi connectivity index (χ0) is 21.8. The highest BCUT2D eigenvalue weighted by Gasteiger charge is 2.40. The van der Waals surface area contributed by atoms with Crippen molar-refractivity contribution in [2.24, 2.45) is 0 Å². The van der Waals surface area contributed by atoms with Gasteiger partial charge in [0.2, 0.25) is 5.91 Å². The van der Waals surface area contributed by atoms with Gasteiger partial charge in [0.05, 0.1) is 11.6 Å². The lowest BCUT2D eigenvalue weighted by atomic mass is 10.0. The molecule has 32 heavy (non-hydrogen) atoms. The van der Waals surface area contributed by atoms with Crippen LogP contribution >= 0.6 is 0 Å². The van der Waals surface area contributed by atoms with Gasteiger partial charge in [0.25, 0.3) is 0 Å². The van der Waals surface area contributed by atoms with E-state index in [0.717, 1.165) is 59.2 Å². The topological polar surface area (TPSA) is 50.5 Å². The Labute approximate surface area is 188 Å². The largest absolute Gasteiger partial charge is 0.333 e. The van der Waals surface area contributed by atoms with E-state index >= 15 is 0 Å². The number of amides is 1. The van der Waals surface area contributed by atoms with Crippen molar-refractivity contribution in [3.63, 3.8) is 0 Å². The molecule has 0 radical (unpaired) electrons. The number of rotatable bonds is 5. The van der Waals surface area contributed by atoms with Crippen LogP contribution in [0.5, 0.6) is 0 Å². The van der Waals surface area contributed by atoms with E-state index in [1.54, 1.807) is 0 Å². The molecule has 4 aromatic rings. The first-order valence-electron chi connectivity index (χ1n) is 11.7. The first kappa shape index (κ1) is 19.5. The molecule has 0 N–H and O–H groups in total. The second kappa shape index (κ2) is 7.44. The summed E-state index contributed by atoms with van der Waals surface area (Å²) in [5.74, 6) is 0.277. The lowest BCUT2D eigenvalue weighted by molar-refractivity contribution is -0.134. The van der Waals surface area contributed by atoms with E-state index < -0.39 is 0 Å². The average molecular weight is 425 g/mol. The Balaban J connectivity index is 1.28. The van der Waals surface area contributed by atoms with Gasteiger partial charge in [0, 0.05) is 29.2 Å². The van der Waals surface area contributed by atoms with Gasteiger partial charge in [-0.1, -0.05) is 36.4 Å². The molecule has 2 aromatic heterocycles. The van der Waals surface area contributed by atoms with Crippen LogP contribution in [0.2, 0.25) is 0 Å². The highest BCUT2D eigenvalue weighted by Crippen LogP contribution is 2.42. The summed E-state index contributed by atoms with van der Waals surface area (Å²) in [7, 11) is 0. The smallest absolute Gasteiger partial charge is 0.223 e. The van der Waals surface area contributed by atoms with Gasteiger partial charge in [0.15, 0.2) is 5.65 Å². The van der Waals surface area contributed by atoms with Crippen LogP contribution in [0.3, 0.4) is 0 Å². The Morgan fingerprint density at radius 1 is 1.06 bits per heavy atom. The van der Waals surface area contributed by atoms with Crippen LogP contribution in [0.4, 0.5) is 0 Å². The zero-order valence-electron chi connectivity index (χ0n) is 18.7. The second-order valence-corrected chi connectivity index (χ2v) is 9.30. The van der Waals surface area contributed by atoms with Gasteiger partial charge in [-0.2, -0.15) is 5.10 Å². The number of carbonyl (C=O) groups is 1. The minimum absolute atomic E-state index is 0.241. The van der Waals surface area contributed by atoms with E-state index in [0.29, 0.717) is 18.9 Å². The molecule has 2 heterocycles. The predicted molar refractivity (Wildman–Crippen MR) is 126 cm³/mol. The van der Waals surface area contributed by atoms with Crippen LogP contribution in [0.25, 0.3) is 16.6 Å². The standard InChI is InChI=1S/C27H28N4O/c1-17-21(18(2)31-27(28-17)23-9-5-6-10-24(23)29-31)14-16-26(32)30(20-12-13-20)25-15-11-19-7-3-4-8-22(19)25/h3-10,20,25H,11-16H2,1-2H3. The third-order valence-corrected chi connectivity index (χ3v) is 7.27. The van der Waals surface area contributed by atoms with Crippen LogP contribution in [-0.2, 0) is 17.6 Å². The number of nitrogens with zero attached hydrogens (tertiary/aromatic N) is 4. The van der Waals surface area contributed by atoms with Gasteiger partial charge in [-0.05, 0) is 74.8 Å². The van der Waals surface area contributed by atoms with Gasteiger partial charge < -0.3 is 4.90 Å². The van der Waals surface area contributed by atoms with Gasteiger partial charge in [-0.3, -0.25) is 4.79 Å². The SMILES string of the molecule is Cc1nc2c3ccccc3nn2c(C)c1CCC(=O)N(C1CC1)C1CCc2ccccc21. The molecule has 1 atom stereocenters. The van der Waals surface area contributed by atoms with Gasteiger partial charge in [0.1, 0.15) is 0 Å². The summed E-state index contributed by atoms with van der Waals surface area (Å²) >= 11 is 0. The predicted octanol–water partition coefficient (Wildman–Crippen LogP) is 5.11. The maximum Gasteiger partial charge on any atom is 0.223 e. The number of carbonyl (C=O) groups excluding carboxylic acids is 1. The summed E-state index contributed by atoms with van der Waals surface area (Å²) in [6.45, 7) is 4.15. The first-order chi connectivity index (χ1) is 15.6. The lowest BCUT2D eigenvalue weighted by Crippen LogP contribution is -2.36. The quantitative estimate of drug-likeness (QED) is 0.447. The highest BCUT2D eigenvalue weighted by atomic mass is 16.2. The molecule has 0 bridgehead atoms. The molecule has 5 nitrogen and oxygen atoms in total. The normalized spacial score (nSPS) is 17.8. The Hall–Kier alpha value is -3.21. The molecule has 0 saturated heterocycles. The fourth-order valence-electron chi connectivity index (χ4n) is 5.51. The minimum atomic E-state index is 0.241. The summed E-state index contributed by atoms with van der Waals surface area (Å²) in [5, 5.41) is 5.83. The Kier molecular flexibility index (Phi) is 4.53. The number of fused-ring (bicyclic) bond motifs is 4. The molecule has 1 saturated carbocycles. The molecule has 1 amide bonds. The number of aromatic nitrogens is 3. The van der Waals surface area contributed by atoms with Crippen molar-refractivity contribution >= 4 is 22.5 Å². The van der Waals surface area contributed by atoms with Crippen LogP contribution in [0.1, 0.15) is 59.8 Å². The van der Waals surface area contributed by atoms with Crippen molar-refractivity contribution < 1.29 is 4.79 Å². The molecule has 2 aliphatic rings. The molecule has 0 spiro atoms. The zero-order valence-corrected chi connectivity index (χ0v) is 18.7. The number of hydrogen-bond acceptors (Lipinski definition) is 3. The van der Waals surface area contributed by atoms with Crippen LogP contribution in [0, 0.1) is 13.8 Å². The van der Waals surface area contributed by atoms with E-state index in [1.165, 1.54) is 11.1 Å². The number of benzene rings is 2. The van der Waals surface area contributed by atoms with Crippen molar-refractivity contribution in [3.05, 3.63) is 76.6 Å². The molecule has 6 rings (SSSR count). The minimum Gasteiger partial charge on any atom is -0.333 e. The van der Waals surface area contributed by atoms with Gasteiger partial charge in [-0.15, -0.1) is 0 Å². The molecule has 162 valence electrons. The number of aryl methyl sites for hydroxylation is 3. The van der Waals surface area contributed by atoms with Crippen LogP contribution in [0.15, 0.2) is 48.5 Å². The fourth-order valence-corrected chi connectivity index (χ4v) is 5.51. The van der Waals surface area contributed by atoms with Crippen molar-refractivity contribution in [1.29, 1.82) is 0 Å². The monoisotopic (exact) mass is 424 g/mol. The van der Waals surface area contributed by atoms with E-state index in [-0.39, 0.29) is 11.9 Å². The third-order valence-electron chi connectivity index (χ3n) is 7.27. The van der Waals surface area contributed by atoms with E-state index in [9.17, 15) is 4.79 Å². The Bertz CT molecular complexity index is 1350. The summed E-state index contributed by atoms with van der Waals surface area (Å²) in [4.78, 5) is 20.6. The summed E-state index contributed by atoms with van der Waals surface area (Å²) < 4.78 is 1.95. The molecule has 2 aromatic carbocycles. The van der Waals surface area contributed by atoms with Crippen molar-refractivity contribution in [3.8, 4) is 0 Å². The fraction of sp³-hybridized carbons (Fsp3) is 0.370. The van der Waals surface area contributed by atoms with Gasteiger partial charge in [-0.25, -0.2) is 9.50 Å². The summed E-state index contributed by atoms with van der Waals surface area (Å²) in [5.41, 5.74) is 7.83. The molecule has 2 aliphatic carbocycles.